The molecule has 1 aliphatic heterocycles. The molecule has 0 aromatic carbocycles. The number of nitriles is 1. The molecule has 0 aromatic rings. The molecule has 1 fully saturated rings. The van der Waals surface area contributed by atoms with Crippen molar-refractivity contribution >= 4 is 5.97 Å². The molecule has 1 aliphatic rings. The van der Waals surface area contributed by atoms with Gasteiger partial charge in [-0.1, -0.05) is 0 Å². The van der Waals surface area contributed by atoms with E-state index in [1.54, 1.807) is 6.07 Å². The van der Waals surface area contributed by atoms with Gasteiger partial charge in [0.1, 0.15) is 6.07 Å². The zero-order valence-corrected chi connectivity index (χ0v) is 6.95. The van der Waals surface area contributed by atoms with Crippen LogP contribution in [0.1, 0.15) is 13.3 Å². The first kappa shape index (κ1) is 9.01. The van der Waals surface area contributed by atoms with E-state index in [2.05, 4.69) is 4.74 Å². The number of esters is 1. The van der Waals surface area contributed by atoms with Crippen LogP contribution in [0.2, 0.25) is 0 Å². The van der Waals surface area contributed by atoms with Gasteiger partial charge in [0, 0.05) is 0 Å². The lowest BCUT2D eigenvalue weighted by Gasteiger charge is -2.04. The minimum atomic E-state index is -0.319. The van der Waals surface area contributed by atoms with Gasteiger partial charge >= 0.3 is 5.97 Å². The Kier molecular flexibility index (Phi) is 3.06. The number of carbonyl (C=O) groups is 1. The Labute approximate surface area is 71.1 Å². The Bertz CT molecular complexity index is 209. The second-order valence-corrected chi connectivity index (χ2v) is 2.84. The number of nitrogens with zero attached hydrogens (tertiary/aromatic N) is 1. The number of hydrogen-bond acceptors (Lipinski definition) is 4. The highest BCUT2D eigenvalue weighted by molar-refractivity contribution is 5.73. The van der Waals surface area contributed by atoms with E-state index in [-0.39, 0.29) is 24.6 Å². The molecule has 0 radical (unpaired) electrons. The molecule has 1 heterocycles. The molecule has 12 heavy (non-hydrogen) atoms. The summed E-state index contributed by atoms with van der Waals surface area (Å²) in [7, 11) is 0. The highest BCUT2D eigenvalue weighted by Crippen LogP contribution is 2.19. The van der Waals surface area contributed by atoms with E-state index in [9.17, 15) is 4.79 Å². The van der Waals surface area contributed by atoms with E-state index in [0.29, 0.717) is 13.0 Å². The summed E-state index contributed by atoms with van der Waals surface area (Å²) in [4.78, 5) is 11.1. The molecule has 0 aliphatic carbocycles. The van der Waals surface area contributed by atoms with Crippen LogP contribution in [0.15, 0.2) is 0 Å². The zero-order chi connectivity index (χ0) is 8.97. The monoisotopic (exact) mass is 169 g/mol. The van der Waals surface area contributed by atoms with Gasteiger partial charge in [-0.25, -0.2) is 0 Å². The van der Waals surface area contributed by atoms with Gasteiger partial charge in [-0.05, 0) is 13.3 Å². The van der Waals surface area contributed by atoms with Gasteiger partial charge in [-0.15, -0.1) is 0 Å². The standard InChI is InChI=1S/C8H11NO3/c1-6-4-7(5-12-6)8(10)11-3-2-9/h6-7H,3-5H2,1H3. The smallest absolute Gasteiger partial charge is 0.312 e. The first-order valence-corrected chi connectivity index (χ1v) is 3.89. The summed E-state index contributed by atoms with van der Waals surface area (Å²) in [5.74, 6) is -0.491. The Morgan fingerprint density at radius 1 is 1.83 bits per heavy atom. The van der Waals surface area contributed by atoms with Crippen molar-refractivity contribution in [1.82, 2.24) is 0 Å². The van der Waals surface area contributed by atoms with Gasteiger partial charge in [0.2, 0.25) is 0 Å². The van der Waals surface area contributed by atoms with Crippen LogP contribution in [0.4, 0.5) is 0 Å². The van der Waals surface area contributed by atoms with Crippen LogP contribution in [0.5, 0.6) is 0 Å². The molecule has 1 rings (SSSR count). The second kappa shape index (κ2) is 4.07. The van der Waals surface area contributed by atoms with Crippen molar-refractivity contribution in [3.05, 3.63) is 0 Å². The third-order valence-corrected chi connectivity index (χ3v) is 1.81. The maximum absolute atomic E-state index is 11.1. The van der Waals surface area contributed by atoms with E-state index in [4.69, 9.17) is 10.00 Å². The van der Waals surface area contributed by atoms with E-state index in [1.807, 2.05) is 6.92 Å². The van der Waals surface area contributed by atoms with Crippen molar-refractivity contribution < 1.29 is 14.3 Å². The van der Waals surface area contributed by atoms with Crippen molar-refractivity contribution in [3.63, 3.8) is 0 Å². The van der Waals surface area contributed by atoms with Crippen molar-refractivity contribution in [2.24, 2.45) is 5.92 Å². The van der Waals surface area contributed by atoms with Gasteiger partial charge in [-0.3, -0.25) is 4.79 Å². The fourth-order valence-corrected chi connectivity index (χ4v) is 1.20. The zero-order valence-electron chi connectivity index (χ0n) is 6.95. The maximum atomic E-state index is 11.1. The summed E-state index contributed by atoms with van der Waals surface area (Å²) in [5, 5.41) is 8.15. The summed E-state index contributed by atoms with van der Waals surface area (Å²) in [6, 6.07) is 1.75. The van der Waals surface area contributed by atoms with Gasteiger partial charge in [-0.2, -0.15) is 5.26 Å². The summed E-state index contributed by atoms with van der Waals surface area (Å²) < 4.78 is 9.83. The van der Waals surface area contributed by atoms with Gasteiger partial charge in [0.15, 0.2) is 6.61 Å². The third kappa shape index (κ3) is 2.21. The Hall–Kier alpha value is -1.08. The molecular weight excluding hydrogens is 158 g/mol. The fraction of sp³-hybridized carbons (Fsp3) is 0.750. The first-order valence-electron chi connectivity index (χ1n) is 3.89. The topological polar surface area (TPSA) is 59.3 Å². The van der Waals surface area contributed by atoms with Crippen LogP contribution < -0.4 is 0 Å². The lowest BCUT2D eigenvalue weighted by molar-refractivity contribution is -0.146. The molecule has 1 saturated heterocycles. The van der Waals surface area contributed by atoms with Crippen LogP contribution in [0, 0.1) is 17.2 Å². The molecule has 0 N–H and O–H groups in total. The van der Waals surface area contributed by atoms with E-state index in [1.165, 1.54) is 0 Å². The predicted molar refractivity (Wildman–Crippen MR) is 40.1 cm³/mol. The fourth-order valence-electron chi connectivity index (χ4n) is 1.20. The normalized spacial score (nSPS) is 28.0. The van der Waals surface area contributed by atoms with Crippen LogP contribution in [-0.4, -0.2) is 25.3 Å². The van der Waals surface area contributed by atoms with Crippen molar-refractivity contribution in [3.8, 4) is 6.07 Å². The molecule has 0 saturated carbocycles. The summed E-state index contributed by atoms with van der Waals surface area (Å²) in [5.41, 5.74) is 0. The predicted octanol–water partition coefficient (Wildman–Crippen LogP) is 0.478. The van der Waals surface area contributed by atoms with Crippen LogP contribution >= 0.6 is 0 Å². The summed E-state index contributed by atoms with van der Waals surface area (Å²) in [6.45, 7) is 2.17. The molecule has 0 spiro atoms. The van der Waals surface area contributed by atoms with E-state index < -0.39 is 0 Å². The van der Waals surface area contributed by atoms with E-state index in [0.717, 1.165) is 0 Å². The van der Waals surface area contributed by atoms with Crippen molar-refractivity contribution in [2.45, 2.75) is 19.4 Å². The lowest BCUT2D eigenvalue weighted by atomic mass is 10.1. The first-order chi connectivity index (χ1) is 5.74. The number of hydrogen-bond donors (Lipinski definition) is 0. The average Bonchev–Trinajstić information content (AvgIpc) is 2.47. The van der Waals surface area contributed by atoms with Crippen molar-refractivity contribution in [2.75, 3.05) is 13.2 Å². The third-order valence-electron chi connectivity index (χ3n) is 1.81. The second-order valence-electron chi connectivity index (χ2n) is 2.84. The molecule has 2 atom stereocenters. The highest BCUT2D eigenvalue weighted by atomic mass is 16.5. The molecule has 0 aromatic heterocycles. The van der Waals surface area contributed by atoms with Gasteiger partial charge in [0.05, 0.1) is 18.6 Å². The van der Waals surface area contributed by atoms with Crippen LogP contribution in [0.25, 0.3) is 0 Å². The van der Waals surface area contributed by atoms with E-state index >= 15 is 0 Å². The molecule has 4 heteroatoms. The minimum absolute atomic E-state index is 0.129. The quantitative estimate of drug-likeness (QED) is 0.564. The number of ether oxygens (including phenoxy) is 2. The molecule has 0 amide bonds. The molecular formula is C8H11NO3. The molecule has 0 bridgehead atoms. The van der Waals surface area contributed by atoms with Gasteiger partial charge in [0.25, 0.3) is 0 Å². The molecule has 4 nitrogen and oxygen atoms in total. The number of carbonyl (C=O) groups excluding carboxylic acids is 1. The molecule has 2 unspecified atom stereocenters. The Morgan fingerprint density at radius 3 is 3.08 bits per heavy atom. The van der Waals surface area contributed by atoms with Crippen LogP contribution in [-0.2, 0) is 14.3 Å². The summed E-state index contributed by atoms with van der Waals surface area (Å²) in [6.07, 6.45) is 0.828. The maximum Gasteiger partial charge on any atom is 0.312 e. The largest absolute Gasteiger partial charge is 0.450 e. The summed E-state index contributed by atoms with van der Waals surface area (Å²) >= 11 is 0. The Morgan fingerprint density at radius 2 is 2.58 bits per heavy atom. The SMILES string of the molecule is CC1CC(C(=O)OCC#N)CO1. The van der Waals surface area contributed by atoms with Gasteiger partial charge < -0.3 is 9.47 Å². The van der Waals surface area contributed by atoms with Crippen LogP contribution in [0.3, 0.4) is 0 Å². The number of rotatable bonds is 2. The average molecular weight is 169 g/mol. The minimum Gasteiger partial charge on any atom is -0.450 e. The molecule has 66 valence electrons. The Balaban J connectivity index is 2.29. The van der Waals surface area contributed by atoms with Crippen molar-refractivity contribution in [1.29, 1.82) is 5.26 Å². The highest BCUT2D eigenvalue weighted by Gasteiger charge is 2.29. The lowest BCUT2D eigenvalue weighted by Crippen LogP contribution is -2.17.